The quantitative estimate of drug-likeness (QED) is 0.527. The van der Waals surface area contributed by atoms with Gasteiger partial charge in [0.1, 0.15) is 23.2 Å². The van der Waals surface area contributed by atoms with Crippen LogP contribution in [0.1, 0.15) is 5.56 Å². The summed E-state index contributed by atoms with van der Waals surface area (Å²) in [4.78, 5) is 29.2. The number of hydrogen-bond donors (Lipinski definition) is 1. The normalized spacial score (nSPS) is 10.7. The molecule has 1 N–H and O–H groups in total. The SMILES string of the molecule is COc1cccc(OCC(=O)Nn2cnc3c(cnn3-c3ccc(C)cc3)c2=O)c1. The van der Waals surface area contributed by atoms with Gasteiger partial charge < -0.3 is 9.47 Å². The van der Waals surface area contributed by atoms with Crippen molar-refractivity contribution in [3.63, 3.8) is 0 Å². The molecular formula is C21H19N5O4. The van der Waals surface area contributed by atoms with Gasteiger partial charge in [0.2, 0.25) is 0 Å². The Morgan fingerprint density at radius 3 is 2.67 bits per heavy atom. The van der Waals surface area contributed by atoms with Crippen molar-refractivity contribution < 1.29 is 14.3 Å². The fourth-order valence-electron chi connectivity index (χ4n) is 2.87. The van der Waals surface area contributed by atoms with Gasteiger partial charge in [-0.1, -0.05) is 23.8 Å². The van der Waals surface area contributed by atoms with Crippen LogP contribution in [0.5, 0.6) is 11.5 Å². The van der Waals surface area contributed by atoms with Crippen molar-refractivity contribution in [2.45, 2.75) is 6.92 Å². The molecule has 4 rings (SSSR count). The second-order valence-electron chi connectivity index (χ2n) is 6.55. The molecule has 9 heteroatoms. The van der Waals surface area contributed by atoms with Gasteiger partial charge in [-0.05, 0) is 31.2 Å². The first-order chi connectivity index (χ1) is 14.5. The lowest BCUT2D eigenvalue weighted by atomic mass is 10.2. The van der Waals surface area contributed by atoms with Gasteiger partial charge in [-0.25, -0.2) is 14.3 Å². The van der Waals surface area contributed by atoms with E-state index in [1.807, 2.05) is 31.2 Å². The van der Waals surface area contributed by atoms with Crippen LogP contribution in [0.2, 0.25) is 0 Å². The predicted molar refractivity (Wildman–Crippen MR) is 111 cm³/mol. The van der Waals surface area contributed by atoms with Crippen LogP contribution in [0.25, 0.3) is 16.7 Å². The topological polar surface area (TPSA) is 100 Å². The molecule has 152 valence electrons. The molecule has 0 radical (unpaired) electrons. The molecule has 0 saturated heterocycles. The number of fused-ring (bicyclic) bond motifs is 1. The minimum absolute atomic E-state index is 0.278. The van der Waals surface area contributed by atoms with E-state index in [1.165, 1.54) is 12.5 Å². The Morgan fingerprint density at radius 2 is 1.90 bits per heavy atom. The maximum atomic E-state index is 12.7. The third-order valence-corrected chi connectivity index (χ3v) is 4.42. The van der Waals surface area contributed by atoms with Crippen LogP contribution in [0, 0.1) is 6.92 Å². The maximum Gasteiger partial charge on any atom is 0.283 e. The second kappa shape index (κ2) is 8.08. The number of hydrogen-bond acceptors (Lipinski definition) is 6. The van der Waals surface area contributed by atoms with E-state index in [4.69, 9.17) is 9.47 Å². The highest BCUT2D eigenvalue weighted by Gasteiger charge is 2.13. The Kier molecular flexibility index (Phi) is 5.17. The lowest BCUT2D eigenvalue weighted by molar-refractivity contribution is -0.119. The number of carbonyl (C=O) groups is 1. The number of aryl methyl sites for hydroxylation is 1. The molecule has 1 amide bonds. The zero-order valence-electron chi connectivity index (χ0n) is 16.4. The van der Waals surface area contributed by atoms with Gasteiger partial charge in [0, 0.05) is 6.07 Å². The highest BCUT2D eigenvalue weighted by atomic mass is 16.5. The van der Waals surface area contributed by atoms with Crippen LogP contribution in [0.4, 0.5) is 0 Å². The number of nitrogens with zero attached hydrogens (tertiary/aromatic N) is 4. The molecule has 0 spiro atoms. The minimum atomic E-state index is -0.507. The van der Waals surface area contributed by atoms with Crippen molar-refractivity contribution in [1.29, 1.82) is 0 Å². The molecule has 0 aliphatic carbocycles. The smallest absolute Gasteiger partial charge is 0.283 e. The summed E-state index contributed by atoms with van der Waals surface area (Å²) in [7, 11) is 1.54. The van der Waals surface area contributed by atoms with E-state index >= 15 is 0 Å². The number of amides is 1. The van der Waals surface area contributed by atoms with Crippen molar-refractivity contribution in [2.24, 2.45) is 0 Å². The van der Waals surface area contributed by atoms with Gasteiger partial charge in [-0.3, -0.25) is 15.0 Å². The van der Waals surface area contributed by atoms with Crippen molar-refractivity contribution in [2.75, 3.05) is 19.1 Å². The predicted octanol–water partition coefficient (Wildman–Crippen LogP) is 2.05. The highest BCUT2D eigenvalue weighted by Crippen LogP contribution is 2.18. The molecule has 0 saturated carbocycles. The van der Waals surface area contributed by atoms with Gasteiger partial charge in [-0.2, -0.15) is 5.10 Å². The van der Waals surface area contributed by atoms with E-state index in [2.05, 4.69) is 15.5 Å². The van der Waals surface area contributed by atoms with Gasteiger partial charge in [0.25, 0.3) is 11.5 Å². The molecular weight excluding hydrogens is 386 g/mol. The summed E-state index contributed by atoms with van der Waals surface area (Å²) in [5.41, 5.74) is 4.34. The number of methoxy groups -OCH3 is 1. The van der Waals surface area contributed by atoms with Gasteiger partial charge in [0.05, 0.1) is 19.0 Å². The molecule has 30 heavy (non-hydrogen) atoms. The first kappa shape index (κ1) is 19.2. The van der Waals surface area contributed by atoms with Gasteiger partial charge >= 0.3 is 0 Å². The summed E-state index contributed by atoms with van der Waals surface area (Å²) >= 11 is 0. The molecule has 0 fully saturated rings. The number of ether oxygens (including phenoxy) is 2. The number of rotatable bonds is 6. The molecule has 0 unspecified atom stereocenters. The largest absolute Gasteiger partial charge is 0.497 e. The van der Waals surface area contributed by atoms with Crippen LogP contribution in [-0.2, 0) is 4.79 Å². The Labute approximate surface area is 171 Å². The monoisotopic (exact) mass is 405 g/mol. The van der Waals surface area contributed by atoms with E-state index in [1.54, 1.807) is 36.1 Å². The fraction of sp³-hybridized carbons (Fsp3) is 0.143. The van der Waals surface area contributed by atoms with E-state index in [9.17, 15) is 9.59 Å². The van der Waals surface area contributed by atoms with Crippen LogP contribution in [0.3, 0.4) is 0 Å². The standard InChI is InChI=1S/C21H19N5O4/c1-14-6-8-15(9-7-14)26-20-18(11-23-26)21(28)25(13-22-20)24-19(27)12-30-17-5-3-4-16(10-17)29-2/h3-11,13H,12H2,1-2H3,(H,24,27). The summed E-state index contributed by atoms with van der Waals surface area (Å²) in [5, 5.41) is 4.54. The number of carbonyl (C=O) groups excluding carboxylic acids is 1. The summed E-state index contributed by atoms with van der Waals surface area (Å²) in [6.07, 6.45) is 2.68. The molecule has 0 aliphatic heterocycles. The Hall–Kier alpha value is -4.14. The van der Waals surface area contributed by atoms with E-state index in [0.29, 0.717) is 17.1 Å². The molecule has 4 aromatic rings. The molecule has 0 aliphatic rings. The molecule has 0 atom stereocenters. The van der Waals surface area contributed by atoms with Crippen molar-refractivity contribution in [1.82, 2.24) is 19.4 Å². The lowest BCUT2D eigenvalue weighted by Gasteiger charge is -2.10. The van der Waals surface area contributed by atoms with E-state index in [-0.39, 0.29) is 12.0 Å². The third-order valence-electron chi connectivity index (χ3n) is 4.42. The second-order valence-corrected chi connectivity index (χ2v) is 6.55. The van der Waals surface area contributed by atoms with Crippen molar-refractivity contribution in [3.8, 4) is 17.2 Å². The highest BCUT2D eigenvalue weighted by molar-refractivity contribution is 5.85. The summed E-state index contributed by atoms with van der Waals surface area (Å²) in [5.74, 6) is 0.584. The summed E-state index contributed by atoms with van der Waals surface area (Å²) in [6.45, 7) is 1.71. The average Bonchev–Trinajstić information content (AvgIpc) is 3.20. The summed E-state index contributed by atoms with van der Waals surface area (Å²) < 4.78 is 13.1. The molecule has 0 bridgehead atoms. The fourth-order valence-corrected chi connectivity index (χ4v) is 2.87. The summed E-state index contributed by atoms with van der Waals surface area (Å²) in [6, 6.07) is 14.6. The zero-order valence-corrected chi connectivity index (χ0v) is 16.4. The Balaban J connectivity index is 1.50. The lowest BCUT2D eigenvalue weighted by Crippen LogP contribution is -2.35. The van der Waals surface area contributed by atoms with E-state index in [0.717, 1.165) is 15.9 Å². The van der Waals surface area contributed by atoms with Crippen molar-refractivity contribution >= 4 is 16.9 Å². The Bertz CT molecular complexity index is 1260. The van der Waals surface area contributed by atoms with Crippen LogP contribution >= 0.6 is 0 Å². The number of nitrogens with one attached hydrogen (secondary N) is 1. The van der Waals surface area contributed by atoms with Gasteiger partial charge in [-0.15, -0.1) is 0 Å². The zero-order chi connectivity index (χ0) is 21.1. The van der Waals surface area contributed by atoms with Gasteiger partial charge in [0.15, 0.2) is 12.3 Å². The van der Waals surface area contributed by atoms with E-state index < -0.39 is 11.5 Å². The molecule has 2 heterocycles. The maximum absolute atomic E-state index is 12.7. The first-order valence-electron chi connectivity index (χ1n) is 9.14. The number of aromatic nitrogens is 4. The van der Waals surface area contributed by atoms with Crippen molar-refractivity contribution in [3.05, 3.63) is 77.0 Å². The van der Waals surface area contributed by atoms with Crippen LogP contribution < -0.4 is 20.5 Å². The molecule has 9 nitrogen and oxygen atoms in total. The minimum Gasteiger partial charge on any atom is -0.497 e. The molecule has 2 aromatic carbocycles. The van der Waals surface area contributed by atoms with Crippen LogP contribution in [-0.4, -0.2) is 39.1 Å². The third kappa shape index (κ3) is 3.86. The van der Waals surface area contributed by atoms with Crippen LogP contribution in [0.15, 0.2) is 65.8 Å². The number of benzene rings is 2. The molecule has 2 aromatic heterocycles. The average molecular weight is 405 g/mol. The Morgan fingerprint density at radius 1 is 1.13 bits per heavy atom. The first-order valence-corrected chi connectivity index (χ1v) is 9.14.